The third-order valence-electron chi connectivity index (χ3n) is 4.99. The molecule has 0 aliphatic heterocycles. The van der Waals surface area contributed by atoms with Gasteiger partial charge in [-0.1, -0.05) is 12.1 Å². The molecule has 2 nitrogen and oxygen atoms in total. The highest BCUT2D eigenvalue weighted by molar-refractivity contribution is 7.11. The lowest BCUT2D eigenvalue weighted by atomic mass is 9.91. The molecule has 26 heavy (non-hydrogen) atoms. The Hall–Kier alpha value is -2.26. The number of thiophene rings is 1. The molecule has 0 atom stereocenters. The van der Waals surface area contributed by atoms with Gasteiger partial charge in [-0.05, 0) is 72.7 Å². The molecule has 2 aromatic carbocycles. The molecule has 0 saturated carbocycles. The van der Waals surface area contributed by atoms with Gasteiger partial charge in [-0.15, -0.1) is 11.3 Å². The second-order valence-corrected chi connectivity index (χ2v) is 8.45. The van der Waals surface area contributed by atoms with Crippen LogP contribution in [0.1, 0.15) is 16.0 Å². The number of anilines is 2. The molecule has 3 aromatic rings. The highest BCUT2D eigenvalue weighted by Crippen LogP contribution is 2.42. The van der Waals surface area contributed by atoms with Gasteiger partial charge in [-0.2, -0.15) is 0 Å². The van der Waals surface area contributed by atoms with E-state index in [-0.39, 0.29) is 0 Å². The zero-order chi connectivity index (χ0) is 19.0. The van der Waals surface area contributed by atoms with E-state index in [9.17, 15) is 0 Å². The molecule has 0 amide bonds. The molecule has 0 radical (unpaired) electrons. The normalized spacial score (nSPS) is 10.9. The summed E-state index contributed by atoms with van der Waals surface area (Å²) < 4.78 is 0. The Bertz CT molecular complexity index is 935. The Balaban J connectivity index is 2.14. The van der Waals surface area contributed by atoms with Crippen molar-refractivity contribution in [1.29, 1.82) is 0 Å². The zero-order valence-electron chi connectivity index (χ0n) is 16.8. The molecule has 0 N–H and O–H groups in total. The summed E-state index contributed by atoms with van der Waals surface area (Å²) in [6.07, 6.45) is 0. The maximum absolute atomic E-state index is 2.31. The summed E-state index contributed by atoms with van der Waals surface area (Å²) in [5, 5.41) is 2.31. The Morgan fingerprint density at radius 1 is 0.654 bits per heavy atom. The maximum Gasteiger partial charge on any atom is 0.0364 e. The number of hydrogen-bond acceptors (Lipinski definition) is 3. The van der Waals surface area contributed by atoms with Gasteiger partial charge in [0.2, 0.25) is 0 Å². The lowest BCUT2D eigenvalue weighted by Crippen LogP contribution is -2.08. The molecular formula is C23H28N2S. The molecule has 0 aliphatic rings. The average Bonchev–Trinajstić information content (AvgIpc) is 2.95. The highest BCUT2D eigenvalue weighted by atomic mass is 32.1. The van der Waals surface area contributed by atoms with E-state index in [1.165, 1.54) is 49.6 Å². The number of rotatable bonds is 4. The lowest BCUT2D eigenvalue weighted by Gasteiger charge is -2.18. The third kappa shape index (κ3) is 3.36. The monoisotopic (exact) mass is 364 g/mol. The first kappa shape index (κ1) is 18.5. The highest BCUT2D eigenvalue weighted by Gasteiger charge is 2.16. The van der Waals surface area contributed by atoms with Crippen molar-refractivity contribution in [2.24, 2.45) is 0 Å². The quantitative estimate of drug-likeness (QED) is 0.548. The van der Waals surface area contributed by atoms with Crippen LogP contribution in [0, 0.1) is 20.8 Å². The van der Waals surface area contributed by atoms with Crippen LogP contribution in [0.25, 0.3) is 22.3 Å². The van der Waals surface area contributed by atoms with Gasteiger partial charge >= 0.3 is 0 Å². The van der Waals surface area contributed by atoms with Crippen molar-refractivity contribution in [3.05, 3.63) is 57.8 Å². The topological polar surface area (TPSA) is 6.48 Å². The van der Waals surface area contributed by atoms with Gasteiger partial charge in [0, 0.05) is 55.6 Å². The lowest BCUT2D eigenvalue weighted by molar-refractivity contribution is 1.13. The summed E-state index contributed by atoms with van der Waals surface area (Å²) in [5.41, 5.74) is 10.5. The average molecular weight is 365 g/mol. The van der Waals surface area contributed by atoms with Crippen LogP contribution in [0.2, 0.25) is 0 Å². The smallest absolute Gasteiger partial charge is 0.0364 e. The van der Waals surface area contributed by atoms with E-state index in [0.717, 1.165) is 0 Å². The first-order valence-electron chi connectivity index (χ1n) is 8.94. The second-order valence-electron chi connectivity index (χ2n) is 7.37. The van der Waals surface area contributed by atoms with Gasteiger partial charge in [-0.3, -0.25) is 0 Å². The molecule has 1 heterocycles. The van der Waals surface area contributed by atoms with Crippen LogP contribution in [0.15, 0.2) is 41.8 Å². The largest absolute Gasteiger partial charge is 0.378 e. The first-order valence-corrected chi connectivity index (χ1v) is 9.82. The minimum atomic E-state index is 1.24. The maximum atomic E-state index is 2.31. The number of benzene rings is 2. The SMILES string of the molecule is Cc1cc(N(C)C)ccc1-c1csc(C)c1-c1ccc(N(C)C)cc1C. The van der Waals surface area contributed by atoms with Crippen molar-refractivity contribution < 1.29 is 0 Å². The predicted molar refractivity (Wildman–Crippen MR) is 118 cm³/mol. The van der Waals surface area contributed by atoms with Crippen molar-refractivity contribution in [2.45, 2.75) is 20.8 Å². The molecule has 136 valence electrons. The minimum absolute atomic E-state index is 1.24. The molecular weight excluding hydrogens is 336 g/mol. The third-order valence-corrected chi connectivity index (χ3v) is 5.90. The second kappa shape index (κ2) is 7.16. The molecule has 0 bridgehead atoms. The molecule has 3 rings (SSSR count). The number of hydrogen-bond donors (Lipinski definition) is 0. The van der Waals surface area contributed by atoms with Crippen LogP contribution in [-0.4, -0.2) is 28.2 Å². The van der Waals surface area contributed by atoms with Gasteiger partial charge in [0.05, 0.1) is 0 Å². The standard InChI is InChI=1S/C23H28N2S/c1-15-12-18(24(4)5)8-10-20(15)22-14-26-17(3)23(22)21-11-9-19(25(6)7)13-16(21)2/h8-14H,1-7H3. The number of aryl methyl sites for hydroxylation is 3. The molecule has 0 unspecified atom stereocenters. The summed E-state index contributed by atoms with van der Waals surface area (Å²) in [6.45, 7) is 6.65. The van der Waals surface area contributed by atoms with Crippen LogP contribution in [0.3, 0.4) is 0 Å². The van der Waals surface area contributed by atoms with Crippen molar-refractivity contribution >= 4 is 22.7 Å². The Labute approximate surface area is 161 Å². The van der Waals surface area contributed by atoms with E-state index >= 15 is 0 Å². The van der Waals surface area contributed by atoms with E-state index in [1.54, 1.807) is 0 Å². The van der Waals surface area contributed by atoms with Crippen LogP contribution in [0.5, 0.6) is 0 Å². The molecule has 0 fully saturated rings. The molecule has 0 saturated heterocycles. The summed E-state index contributed by atoms with van der Waals surface area (Å²) in [5.74, 6) is 0. The Kier molecular flexibility index (Phi) is 5.10. The van der Waals surface area contributed by atoms with E-state index in [0.29, 0.717) is 0 Å². The molecule has 3 heteroatoms. The fourth-order valence-electron chi connectivity index (χ4n) is 3.42. The van der Waals surface area contributed by atoms with Gasteiger partial charge in [0.1, 0.15) is 0 Å². The van der Waals surface area contributed by atoms with Crippen LogP contribution < -0.4 is 9.80 Å². The van der Waals surface area contributed by atoms with Gasteiger partial charge in [0.15, 0.2) is 0 Å². The van der Waals surface area contributed by atoms with Gasteiger partial charge in [0.25, 0.3) is 0 Å². The van der Waals surface area contributed by atoms with Gasteiger partial charge in [-0.25, -0.2) is 0 Å². The Morgan fingerprint density at radius 2 is 1.15 bits per heavy atom. The molecule has 0 spiro atoms. The van der Waals surface area contributed by atoms with Crippen LogP contribution in [-0.2, 0) is 0 Å². The van der Waals surface area contributed by atoms with Gasteiger partial charge < -0.3 is 9.80 Å². The van der Waals surface area contributed by atoms with Crippen molar-refractivity contribution in [3.63, 3.8) is 0 Å². The molecule has 0 aliphatic carbocycles. The predicted octanol–water partition coefficient (Wildman–Crippen LogP) is 6.14. The molecule has 1 aromatic heterocycles. The van der Waals surface area contributed by atoms with E-state index < -0.39 is 0 Å². The van der Waals surface area contributed by atoms with E-state index in [1.807, 2.05) is 11.3 Å². The van der Waals surface area contributed by atoms with E-state index in [4.69, 9.17) is 0 Å². The van der Waals surface area contributed by atoms with Crippen molar-refractivity contribution in [1.82, 2.24) is 0 Å². The first-order chi connectivity index (χ1) is 12.3. The summed E-state index contributed by atoms with van der Waals surface area (Å²) in [4.78, 5) is 5.68. The van der Waals surface area contributed by atoms with E-state index in [2.05, 4.69) is 101 Å². The zero-order valence-corrected chi connectivity index (χ0v) is 17.7. The Morgan fingerprint density at radius 3 is 1.62 bits per heavy atom. The summed E-state index contributed by atoms with van der Waals surface area (Å²) in [6, 6.07) is 13.5. The summed E-state index contributed by atoms with van der Waals surface area (Å²) in [7, 11) is 8.35. The minimum Gasteiger partial charge on any atom is -0.378 e. The summed E-state index contributed by atoms with van der Waals surface area (Å²) >= 11 is 1.84. The fourth-order valence-corrected chi connectivity index (χ4v) is 4.30. The van der Waals surface area contributed by atoms with Crippen LogP contribution in [0.4, 0.5) is 11.4 Å². The number of nitrogens with zero attached hydrogens (tertiary/aromatic N) is 2. The fraction of sp³-hybridized carbons (Fsp3) is 0.304. The van der Waals surface area contributed by atoms with Crippen molar-refractivity contribution in [3.8, 4) is 22.3 Å². The van der Waals surface area contributed by atoms with Crippen molar-refractivity contribution in [2.75, 3.05) is 38.0 Å². The van der Waals surface area contributed by atoms with Crippen LogP contribution >= 0.6 is 11.3 Å².